The minimum absolute atomic E-state index is 0.315. The molecule has 1 aliphatic rings. The number of nitrogens with one attached hydrogen (secondary N) is 1. The fourth-order valence-electron chi connectivity index (χ4n) is 3.78. The topological polar surface area (TPSA) is 118 Å². The summed E-state index contributed by atoms with van der Waals surface area (Å²) in [6.07, 6.45) is 1.55. The molecule has 0 aliphatic carbocycles. The number of methoxy groups -OCH3 is 1. The van der Waals surface area contributed by atoms with E-state index in [1.807, 2.05) is 18.2 Å². The van der Waals surface area contributed by atoms with Crippen LogP contribution in [0.1, 0.15) is 31.1 Å². The molecule has 1 saturated heterocycles. The summed E-state index contributed by atoms with van der Waals surface area (Å²) in [6, 6.07) is 17.4. The number of ether oxygens (including phenoxy) is 1. The molecule has 0 saturated carbocycles. The maximum Gasteiger partial charge on any atom is 0.337 e. The fourth-order valence-corrected chi connectivity index (χ4v) is 3.78. The highest BCUT2D eigenvalue weighted by Gasteiger charge is 2.19. The molecule has 2 aromatic carbocycles. The molecular weight excluding hydrogens is 434 g/mol. The number of nitrogens with zero attached hydrogens (tertiary/aromatic N) is 3. The van der Waals surface area contributed by atoms with Gasteiger partial charge < -0.3 is 25.6 Å². The maximum atomic E-state index is 12.6. The van der Waals surface area contributed by atoms with E-state index in [4.69, 9.17) is 10.5 Å². The number of rotatable bonds is 6. The van der Waals surface area contributed by atoms with Crippen LogP contribution in [0, 0.1) is 0 Å². The summed E-state index contributed by atoms with van der Waals surface area (Å²) in [7, 11) is 1.31. The summed E-state index contributed by atoms with van der Waals surface area (Å²) < 4.78 is 4.71. The van der Waals surface area contributed by atoms with Gasteiger partial charge >= 0.3 is 5.97 Å². The maximum absolute atomic E-state index is 12.6. The molecule has 1 aliphatic heterocycles. The third kappa shape index (κ3) is 5.15. The zero-order chi connectivity index (χ0) is 24.1. The second kappa shape index (κ2) is 10.0. The fraction of sp³-hybridized carbons (Fsp3) is 0.200. The monoisotopic (exact) mass is 459 g/mol. The first kappa shape index (κ1) is 22.8. The largest absolute Gasteiger partial charge is 0.465 e. The van der Waals surface area contributed by atoms with Crippen molar-refractivity contribution in [1.29, 1.82) is 0 Å². The molecule has 2 amide bonds. The van der Waals surface area contributed by atoms with Gasteiger partial charge in [0.25, 0.3) is 5.91 Å². The predicted molar refractivity (Wildman–Crippen MR) is 129 cm³/mol. The quantitative estimate of drug-likeness (QED) is 0.544. The zero-order valence-electron chi connectivity index (χ0n) is 18.7. The van der Waals surface area contributed by atoms with Crippen LogP contribution in [0.4, 0.5) is 17.2 Å². The van der Waals surface area contributed by atoms with Crippen molar-refractivity contribution in [3.8, 4) is 0 Å². The highest BCUT2D eigenvalue weighted by atomic mass is 16.5. The Morgan fingerprint density at radius 2 is 1.56 bits per heavy atom. The molecule has 9 heteroatoms. The van der Waals surface area contributed by atoms with E-state index in [9.17, 15) is 14.4 Å². The van der Waals surface area contributed by atoms with Gasteiger partial charge in [-0.2, -0.15) is 0 Å². The summed E-state index contributed by atoms with van der Waals surface area (Å²) in [5, 5.41) is 2.78. The van der Waals surface area contributed by atoms with Gasteiger partial charge in [0.05, 0.1) is 18.2 Å². The molecule has 0 bridgehead atoms. The Kier molecular flexibility index (Phi) is 6.72. The lowest BCUT2D eigenvalue weighted by Crippen LogP contribution is -2.46. The van der Waals surface area contributed by atoms with Crippen LogP contribution < -0.4 is 20.9 Å². The third-order valence-corrected chi connectivity index (χ3v) is 5.67. The van der Waals surface area contributed by atoms with E-state index >= 15 is 0 Å². The number of anilines is 3. The molecule has 1 fully saturated rings. The van der Waals surface area contributed by atoms with Crippen molar-refractivity contribution < 1.29 is 19.1 Å². The number of hydrogen-bond donors (Lipinski definition) is 2. The van der Waals surface area contributed by atoms with Gasteiger partial charge in [-0.25, -0.2) is 9.78 Å². The number of hydrogen-bond acceptors (Lipinski definition) is 7. The van der Waals surface area contributed by atoms with Gasteiger partial charge in [0, 0.05) is 49.3 Å². The van der Waals surface area contributed by atoms with Crippen molar-refractivity contribution in [3.63, 3.8) is 0 Å². The molecule has 9 nitrogen and oxygen atoms in total. The average molecular weight is 460 g/mol. The van der Waals surface area contributed by atoms with Crippen LogP contribution >= 0.6 is 0 Å². The molecule has 2 heterocycles. The first-order chi connectivity index (χ1) is 16.4. The average Bonchev–Trinajstić information content (AvgIpc) is 2.88. The van der Waals surface area contributed by atoms with Gasteiger partial charge in [0.1, 0.15) is 5.82 Å². The lowest BCUT2D eigenvalue weighted by atomic mass is 10.1. The molecule has 0 radical (unpaired) electrons. The van der Waals surface area contributed by atoms with Gasteiger partial charge in [0.2, 0.25) is 5.91 Å². The van der Waals surface area contributed by atoms with Crippen molar-refractivity contribution in [2.45, 2.75) is 0 Å². The van der Waals surface area contributed by atoms with Crippen LogP contribution in [-0.2, 0) is 4.74 Å². The van der Waals surface area contributed by atoms with Gasteiger partial charge in [-0.15, -0.1) is 0 Å². The number of pyridine rings is 1. The van der Waals surface area contributed by atoms with Crippen LogP contribution in [-0.4, -0.2) is 56.1 Å². The highest BCUT2D eigenvalue weighted by Crippen LogP contribution is 2.20. The standard InChI is InChI=1S/C25H25N5O4/c1-34-25(33)18-3-2-4-20(15-18)28-24(32)19-7-10-22(27-16-19)30-13-11-29(12-14-30)21-8-5-17(6-9-21)23(26)31/h2-10,15-16H,11-14H2,1H3,(H2,26,31)(H,28,32). The SMILES string of the molecule is COC(=O)c1cccc(NC(=O)c2ccc(N3CCN(c4ccc(C(N)=O)cc4)CC3)nc2)c1. The van der Waals surface area contributed by atoms with Gasteiger partial charge in [-0.05, 0) is 54.6 Å². The first-order valence-corrected chi connectivity index (χ1v) is 10.8. The molecule has 0 spiro atoms. The van der Waals surface area contributed by atoms with Gasteiger partial charge in [-0.1, -0.05) is 6.07 Å². The lowest BCUT2D eigenvalue weighted by molar-refractivity contribution is 0.0600. The normalized spacial score (nSPS) is 13.3. The van der Waals surface area contributed by atoms with Crippen LogP contribution in [0.25, 0.3) is 0 Å². The Morgan fingerprint density at radius 1 is 0.882 bits per heavy atom. The zero-order valence-corrected chi connectivity index (χ0v) is 18.7. The Hall–Kier alpha value is -4.40. The van der Waals surface area contributed by atoms with Gasteiger partial charge in [-0.3, -0.25) is 9.59 Å². The molecule has 1 aromatic heterocycles. The van der Waals surface area contributed by atoms with Crippen LogP contribution in [0.2, 0.25) is 0 Å². The van der Waals surface area contributed by atoms with Crippen molar-refractivity contribution in [3.05, 3.63) is 83.6 Å². The van der Waals surface area contributed by atoms with E-state index in [1.165, 1.54) is 7.11 Å². The molecule has 3 N–H and O–H groups in total. The molecular formula is C25H25N5O4. The van der Waals surface area contributed by atoms with Crippen molar-refractivity contribution in [2.24, 2.45) is 5.73 Å². The molecule has 0 atom stereocenters. The number of carbonyl (C=O) groups excluding carboxylic acids is 3. The van der Waals surface area contributed by atoms with E-state index in [-0.39, 0.29) is 5.91 Å². The van der Waals surface area contributed by atoms with E-state index in [2.05, 4.69) is 20.1 Å². The van der Waals surface area contributed by atoms with E-state index in [0.717, 1.165) is 37.7 Å². The summed E-state index contributed by atoms with van der Waals surface area (Å²) in [5.74, 6) is -0.419. The Morgan fingerprint density at radius 3 is 2.18 bits per heavy atom. The number of nitrogens with two attached hydrogens (primary N) is 1. The summed E-state index contributed by atoms with van der Waals surface area (Å²) in [5.41, 5.74) is 8.11. The van der Waals surface area contributed by atoms with Crippen molar-refractivity contribution >= 4 is 35.0 Å². The number of esters is 1. The number of amides is 2. The molecule has 174 valence electrons. The number of carbonyl (C=O) groups is 3. The van der Waals surface area contributed by atoms with E-state index in [1.54, 1.807) is 48.7 Å². The number of piperazine rings is 1. The highest BCUT2D eigenvalue weighted by molar-refractivity contribution is 6.04. The van der Waals surface area contributed by atoms with E-state index < -0.39 is 11.9 Å². The minimum Gasteiger partial charge on any atom is -0.465 e. The smallest absolute Gasteiger partial charge is 0.337 e. The van der Waals surface area contributed by atoms with Crippen LogP contribution in [0.5, 0.6) is 0 Å². The predicted octanol–water partition coefficient (Wildman–Crippen LogP) is 2.55. The second-order valence-electron chi connectivity index (χ2n) is 7.82. The van der Waals surface area contributed by atoms with Crippen molar-refractivity contribution in [2.75, 3.05) is 48.4 Å². The Labute approximate surface area is 197 Å². The first-order valence-electron chi connectivity index (χ1n) is 10.8. The Bertz CT molecular complexity index is 1190. The number of primary amides is 1. The second-order valence-corrected chi connectivity index (χ2v) is 7.82. The third-order valence-electron chi connectivity index (χ3n) is 5.67. The number of benzene rings is 2. The van der Waals surface area contributed by atoms with Crippen LogP contribution in [0.3, 0.4) is 0 Å². The van der Waals surface area contributed by atoms with Crippen LogP contribution in [0.15, 0.2) is 66.9 Å². The lowest BCUT2D eigenvalue weighted by Gasteiger charge is -2.36. The molecule has 3 aromatic rings. The minimum atomic E-state index is -0.468. The summed E-state index contributed by atoms with van der Waals surface area (Å²) in [6.45, 7) is 3.15. The molecule has 0 unspecified atom stereocenters. The van der Waals surface area contributed by atoms with Crippen molar-refractivity contribution in [1.82, 2.24) is 4.98 Å². The summed E-state index contributed by atoms with van der Waals surface area (Å²) >= 11 is 0. The molecule has 4 rings (SSSR count). The molecule has 34 heavy (non-hydrogen) atoms. The number of aromatic nitrogens is 1. The summed E-state index contributed by atoms with van der Waals surface area (Å²) in [4.78, 5) is 44.4. The van der Waals surface area contributed by atoms with E-state index in [0.29, 0.717) is 22.4 Å². The van der Waals surface area contributed by atoms with Gasteiger partial charge in [0.15, 0.2) is 0 Å². The Balaban J connectivity index is 1.34.